The summed E-state index contributed by atoms with van der Waals surface area (Å²) in [6.07, 6.45) is 9.19. The molecule has 1 aliphatic carbocycles. The highest BCUT2D eigenvalue weighted by molar-refractivity contribution is 5.88. The van der Waals surface area contributed by atoms with Crippen LogP contribution in [0.3, 0.4) is 0 Å². The Bertz CT molecular complexity index is 908. The number of hydrogen-bond donors (Lipinski definition) is 2. The van der Waals surface area contributed by atoms with Crippen molar-refractivity contribution in [1.82, 2.24) is 25.2 Å². The van der Waals surface area contributed by atoms with Crippen molar-refractivity contribution in [3.8, 4) is 5.75 Å². The van der Waals surface area contributed by atoms with Gasteiger partial charge in [0.1, 0.15) is 0 Å². The largest absolute Gasteiger partial charge is 0.493 e. The molecular formula is C19H23FN6O. The molecule has 7 nitrogen and oxygen atoms in total. The molecule has 2 fully saturated rings. The highest BCUT2D eigenvalue weighted by Crippen LogP contribution is 2.43. The van der Waals surface area contributed by atoms with Gasteiger partial charge >= 0.3 is 0 Å². The van der Waals surface area contributed by atoms with E-state index in [4.69, 9.17) is 9.72 Å². The zero-order valence-corrected chi connectivity index (χ0v) is 15.3. The number of aliphatic imine (C=N–C) groups is 1. The van der Waals surface area contributed by atoms with Gasteiger partial charge in [0.15, 0.2) is 11.4 Å². The van der Waals surface area contributed by atoms with Crippen LogP contribution in [0.25, 0.3) is 11.3 Å². The second-order valence-electron chi connectivity index (χ2n) is 6.80. The first-order valence-electron chi connectivity index (χ1n) is 9.16. The minimum absolute atomic E-state index is 0.0461. The van der Waals surface area contributed by atoms with Crippen LogP contribution in [0.5, 0.6) is 5.75 Å². The smallest absolute Gasteiger partial charge is 0.282 e. The molecule has 0 bridgehead atoms. The SMILES string of the molecule is C=C/C=C(\NC(F)=NC1CCNC1)c1cnn2cc(OC)c(C3CC3)nc12. The Balaban J connectivity index is 1.68. The normalized spacial score (nSPS) is 20.9. The molecule has 0 spiro atoms. The fourth-order valence-electron chi connectivity index (χ4n) is 3.27. The fraction of sp³-hybridized carbons (Fsp3) is 0.421. The van der Waals surface area contributed by atoms with E-state index in [9.17, 15) is 4.39 Å². The van der Waals surface area contributed by atoms with E-state index < -0.39 is 6.09 Å². The zero-order valence-electron chi connectivity index (χ0n) is 15.3. The van der Waals surface area contributed by atoms with E-state index in [0.29, 0.717) is 29.4 Å². The van der Waals surface area contributed by atoms with Gasteiger partial charge in [0.05, 0.1) is 42.5 Å². The van der Waals surface area contributed by atoms with Gasteiger partial charge in [0, 0.05) is 12.5 Å². The first-order chi connectivity index (χ1) is 13.2. The second-order valence-corrected chi connectivity index (χ2v) is 6.80. The summed E-state index contributed by atoms with van der Waals surface area (Å²) >= 11 is 0. The van der Waals surface area contributed by atoms with Crippen molar-refractivity contribution in [3.63, 3.8) is 0 Å². The molecule has 1 unspecified atom stereocenters. The number of nitrogens with zero attached hydrogens (tertiary/aromatic N) is 4. The quantitative estimate of drug-likeness (QED) is 0.353. The lowest BCUT2D eigenvalue weighted by molar-refractivity contribution is 0.403. The van der Waals surface area contributed by atoms with Crippen LogP contribution in [0.2, 0.25) is 0 Å². The van der Waals surface area contributed by atoms with Gasteiger partial charge in [-0.2, -0.15) is 9.49 Å². The Labute approximate surface area is 157 Å². The number of rotatable bonds is 6. The van der Waals surface area contributed by atoms with Crippen molar-refractivity contribution in [2.75, 3.05) is 20.2 Å². The van der Waals surface area contributed by atoms with E-state index in [1.165, 1.54) is 0 Å². The standard InChI is InChI=1S/C19H23FN6O/c1-3-4-15(24-19(20)23-13-7-8-21-9-13)14-10-22-26-11-16(27-2)17(12-5-6-12)25-18(14)26/h3-4,10-13,21H,1,5-9H2,2H3,(H,23,24)/b15-4-. The molecule has 1 aliphatic heterocycles. The topological polar surface area (TPSA) is 75.8 Å². The van der Waals surface area contributed by atoms with E-state index in [1.807, 2.05) is 6.20 Å². The maximum Gasteiger partial charge on any atom is 0.282 e. The van der Waals surface area contributed by atoms with E-state index in [1.54, 1.807) is 30.0 Å². The second kappa shape index (κ2) is 7.48. The summed E-state index contributed by atoms with van der Waals surface area (Å²) in [4.78, 5) is 8.87. The summed E-state index contributed by atoms with van der Waals surface area (Å²) in [6.45, 7) is 5.28. The number of allylic oxidation sites excluding steroid dienone is 2. The molecule has 1 saturated heterocycles. The minimum atomic E-state index is -0.618. The van der Waals surface area contributed by atoms with Crippen LogP contribution in [0.15, 0.2) is 36.1 Å². The summed E-state index contributed by atoms with van der Waals surface area (Å²) in [5, 5.41) is 10.3. The predicted molar refractivity (Wildman–Crippen MR) is 103 cm³/mol. The first kappa shape index (κ1) is 17.7. The molecule has 2 aromatic heterocycles. The zero-order chi connectivity index (χ0) is 18.8. The van der Waals surface area contributed by atoms with Crippen molar-refractivity contribution in [2.24, 2.45) is 4.99 Å². The van der Waals surface area contributed by atoms with Crippen molar-refractivity contribution in [1.29, 1.82) is 0 Å². The van der Waals surface area contributed by atoms with E-state index in [2.05, 4.69) is 27.3 Å². The molecule has 3 heterocycles. The van der Waals surface area contributed by atoms with Gasteiger partial charge in [0.2, 0.25) is 0 Å². The van der Waals surface area contributed by atoms with Crippen LogP contribution in [-0.2, 0) is 0 Å². The predicted octanol–water partition coefficient (Wildman–Crippen LogP) is 2.42. The van der Waals surface area contributed by atoms with Gasteiger partial charge in [0.25, 0.3) is 6.09 Å². The number of aromatic nitrogens is 3. The molecule has 1 atom stereocenters. The number of hydrogen-bond acceptors (Lipinski definition) is 5. The van der Waals surface area contributed by atoms with Gasteiger partial charge in [-0.25, -0.2) is 14.5 Å². The molecule has 8 heteroatoms. The number of nitrogens with one attached hydrogen (secondary N) is 2. The van der Waals surface area contributed by atoms with E-state index in [-0.39, 0.29) is 6.04 Å². The summed E-state index contributed by atoms with van der Waals surface area (Å²) in [5.74, 6) is 1.14. The van der Waals surface area contributed by atoms with Gasteiger partial charge in [-0.3, -0.25) is 0 Å². The Morgan fingerprint density at radius 3 is 3.00 bits per heavy atom. The number of amidine groups is 1. The van der Waals surface area contributed by atoms with Crippen molar-refractivity contribution in [2.45, 2.75) is 31.2 Å². The highest BCUT2D eigenvalue weighted by atomic mass is 19.1. The molecule has 142 valence electrons. The molecule has 27 heavy (non-hydrogen) atoms. The average Bonchev–Trinajstić information content (AvgIpc) is 3.23. The molecule has 1 saturated carbocycles. The number of ether oxygens (including phenoxy) is 1. The first-order valence-corrected chi connectivity index (χ1v) is 9.16. The van der Waals surface area contributed by atoms with Gasteiger partial charge < -0.3 is 15.4 Å². The average molecular weight is 370 g/mol. The Morgan fingerprint density at radius 2 is 2.33 bits per heavy atom. The Morgan fingerprint density at radius 1 is 1.48 bits per heavy atom. The van der Waals surface area contributed by atoms with Crippen molar-refractivity contribution in [3.05, 3.63) is 42.4 Å². The summed E-state index contributed by atoms with van der Waals surface area (Å²) in [7, 11) is 1.63. The lowest BCUT2D eigenvalue weighted by Crippen LogP contribution is -2.21. The van der Waals surface area contributed by atoms with Crippen LogP contribution in [-0.4, -0.2) is 46.9 Å². The molecule has 0 aromatic carbocycles. The maximum atomic E-state index is 14.4. The molecule has 2 N–H and O–H groups in total. The monoisotopic (exact) mass is 370 g/mol. The third kappa shape index (κ3) is 3.71. The molecule has 0 amide bonds. The molecule has 2 aromatic rings. The van der Waals surface area contributed by atoms with Crippen LogP contribution >= 0.6 is 0 Å². The van der Waals surface area contributed by atoms with Gasteiger partial charge in [-0.15, -0.1) is 0 Å². The van der Waals surface area contributed by atoms with Gasteiger partial charge in [-0.05, 0) is 31.9 Å². The Hall–Kier alpha value is -2.74. The van der Waals surface area contributed by atoms with Gasteiger partial charge in [-0.1, -0.05) is 12.7 Å². The van der Waals surface area contributed by atoms with E-state index in [0.717, 1.165) is 37.3 Å². The minimum Gasteiger partial charge on any atom is -0.493 e. The molecular weight excluding hydrogens is 347 g/mol. The van der Waals surface area contributed by atoms with Crippen LogP contribution in [0.4, 0.5) is 4.39 Å². The number of methoxy groups -OCH3 is 1. The number of fused-ring (bicyclic) bond motifs is 1. The summed E-state index contributed by atoms with van der Waals surface area (Å²) in [5.41, 5.74) is 2.78. The number of halogens is 1. The third-order valence-corrected chi connectivity index (χ3v) is 4.81. The Kier molecular flexibility index (Phi) is 4.89. The summed E-state index contributed by atoms with van der Waals surface area (Å²) in [6, 6.07) is -0.0461. The van der Waals surface area contributed by atoms with E-state index >= 15 is 0 Å². The lowest BCUT2D eigenvalue weighted by Gasteiger charge is -2.10. The fourth-order valence-corrected chi connectivity index (χ4v) is 3.27. The molecule has 4 rings (SSSR count). The van der Waals surface area contributed by atoms with Crippen LogP contribution in [0.1, 0.15) is 36.4 Å². The molecule has 0 radical (unpaired) electrons. The van der Waals surface area contributed by atoms with Crippen LogP contribution < -0.4 is 15.4 Å². The lowest BCUT2D eigenvalue weighted by atomic mass is 10.2. The molecule has 2 aliphatic rings. The third-order valence-electron chi connectivity index (χ3n) is 4.81. The summed E-state index contributed by atoms with van der Waals surface area (Å²) < 4.78 is 21.5. The maximum absolute atomic E-state index is 14.4. The van der Waals surface area contributed by atoms with Crippen molar-refractivity contribution >= 4 is 17.4 Å². The highest BCUT2D eigenvalue weighted by Gasteiger charge is 2.29. The van der Waals surface area contributed by atoms with Crippen molar-refractivity contribution < 1.29 is 9.13 Å². The van der Waals surface area contributed by atoms with Crippen LogP contribution in [0, 0.1) is 0 Å².